The Hall–Kier alpha value is -0.540. The Kier molecular flexibility index (Phi) is 3.62. The van der Waals surface area contributed by atoms with E-state index in [1.54, 1.807) is 0 Å². The van der Waals surface area contributed by atoms with Gasteiger partial charge in [-0.2, -0.15) is 0 Å². The highest BCUT2D eigenvalue weighted by molar-refractivity contribution is 9.10. The van der Waals surface area contributed by atoms with E-state index >= 15 is 0 Å². The molecule has 18 heavy (non-hydrogen) atoms. The Labute approximate surface area is 117 Å². The van der Waals surface area contributed by atoms with Gasteiger partial charge in [0.25, 0.3) is 0 Å². The number of hydrogen-bond donors (Lipinski definition) is 1. The molecule has 0 aromatic heterocycles. The van der Waals surface area contributed by atoms with Crippen molar-refractivity contribution in [3.8, 4) is 5.75 Å². The van der Waals surface area contributed by atoms with Crippen molar-refractivity contribution in [2.75, 3.05) is 13.1 Å². The maximum atomic E-state index is 10.1. The van der Waals surface area contributed by atoms with Crippen LogP contribution >= 0.6 is 15.9 Å². The first-order valence-corrected chi connectivity index (χ1v) is 7.70. The lowest BCUT2D eigenvalue weighted by atomic mass is 9.78. The van der Waals surface area contributed by atoms with Gasteiger partial charge >= 0.3 is 0 Å². The summed E-state index contributed by atoms with van der Waals surface area (Å²) >= 11 is 3.39. The van der Waals surface area contributed by atoms with Crippen molar-refractivity contribution < 1.29 is 5.11 Å². The molecule has 1 aromatic carbocycles. The molecule has 2 bridgehead atoms. The van der Waals surface area contributed by atoms with Crippen LogP contribution in [-0.2, 0) is 6.54 Å². The number of rotatable bonds is 2. The first-order chi connectivity index (χ1) is 8.72. The number of nitrogens with zero attached hydrogens (tertiary/aromatic N) is 1. The number of fused-ring (bicyclic) bond motifs is 2. The number of aromatic hydroxyl groups is 1. The van der Waals surface area contributed by atoms with E-state index < -0.39 is 0 Å². The van der Waals surface area contributed by atoms with Crippen LogP contribution in [0.3, 0.4) is 0 Å². The standard InChI is InChI=1S/C15H20BrNO/c16-14-6-2-5-13(15(14)18)10-17-8-11-3-1-4-12(7-11)9-17/h2,5-6,11-12,18H,1,3-4,7-10H2. The summed E-state index contributed by atoms with van der Waals surface area (Å²) in [7, 11) is 0. The molecule has 1 N–H and O–H groups in total. The number of phenols is 1. The molecule has 0 radical (unpaired) electrons. The summed E-state index contributed by atoms with van der Waals surface area (Å²) < 4.78 is 0.803. The van der Waals surface area contributed by atoms with Crippen LogP contribution < -0.4 is 0 Å². The monoisotopic (exact) mass is 309 g/mol. The van der Waals surface area contributed by atoms with Crippen molar-refractivity contribution in [2.45, 2.75) is 32.2 Å². The third kappa shape index (κ3) is 2.57. The van der Waals surface area contributed by atoms with Gasteiger partial charge in [-0.3, -0.25) is 4.90 Å². The van der Waals surface area contributed by atoms with Gasteiger partial charge < -0.3 is 5.11 Å². The van der Waals surface area contributed by atoms with E-state index in [1.165, 1.54) is 38.8 Å². The second-order valence-corrected chi connectivity index (χ2v) is 6.69. The van der Waals surface area contributed by atoms with Crippen molar-refractivity contribution in [3.63, 3.8) is 0 Å². The molecular formula is C15H20BrNO. The minimum absolute atomic E-state index is 0.410. The lowest BCUT2D eigenvalue weighted by molar-refractivity contribution is 0.0802. The molecule has 2 aliphatic rings. The molecule has 1 aliphatic carbocycles. The van der Waals surface area contributed by atoms with E-state index in [9.17, 15) is 5.11 Å². The smallest absolute Gasteiger partial charge is 0.134 e. The fourth-order valence-electron chi connectivity index (χ4n) is 3.60. The molecular weight excluding hydrogens is 290 g/mol. The fraction of sp³-hybridized carbons (Fsp3) is 0.600. The molecule has 1 saturated heterocycles. The van der Waals surface area contributed by atoms with Gasteiger partial charge in [0.15, 0.2) is 0 Å². The number of piperidine rings is 1. The van der Waals surface area contributed by atoms with E-state index in [-0.39, 0.29) is 0 Å². The summed E-state index contributed by atoms with van der Waals surface area (Å²) in [6, 6.07) is 5.93. The van der Waals surface area contributed by atoms with Gasteiger partial charge in [-0.05, 0) is 53.1 Å². The third-order valence-electron chi connectivity index (χ3n) is 4.39. The second kappa shape index (κ2) is 5.22. The Balaban J connectivity index is 1.71. The van der Waals surface area contributed by atoms with E-state index in [1.807, 2.05) is 18.2 Å². The molecule has 2 fully saturated rings. The van der Waals surface area contributed by atoms with Crippen molar-refractivity contribution >= 4 is 15.9 Å². The first-order valence-electron chi connectivity index (χ1n) is 6.91. The molecule has 2 nitrogen and oxygen atoms in total. The van der Waals surface area contributed by atoms with E-state index in [4.69, 9.17) is 0 Å². The van der Waals surface area contributed by atoms with Gasteiger partial charge in [-0.15, -0.1) is 0 Å². The molecule has 98 valence electrons. The largest absolute Gasteiger partial charge is 0.506 e. The van der Waals surface area contributed by atoms with Crippen LogP contribution in [0.25, 0.3) is 0 Å². The lowest BCUT2D eigenvalue weighted by Gasteiger charge is -2.41. The molecule has 1 heterocycles. The molecule has 0 spiro atoms. The normalized spacial score (nSPS) is 28.3. The molecule has 0 amide bonds. The van der Waals surface area contributed by atoms with Crippen molar-refractivity contribution in [1.29, 1.82) is 0 Å². The van der Waals surface area contributed by atoms with Gasteiger partial charge in [0.2, 0.25) is 0 Å². The summed E-state index contributed by atoms with van der Waals surface area (Å²) in [5, 5.41) is 10.1. The summed E-state index contributed by atoms with van der Waals surface area (Å²) in [6.07, 6.45) is 5.65. The van der Waals surface area contributed by atoms with Gasteiger partial charge in [0, 0.05) is 25.2 Å². The number of phenolic OH excluding ortho intramolecular Hbond substituents is 1. The van der Waals surface area contributed by atoms with Crippen LogP contribution in [0.5, 0.6) is 5.75 Å². The van der Waals surface area contributed by atoms with Gasteiger partial charge in [0.1, 0.15) is 5.75 Å². The number of halogens is 1. The van der Waals surface area contributed by atoms with E-state index in [2.05, 4.69) is 20.8 Å². The maximum absolute atomic E-state index is 10.1. The molecule has 1 aromatic rings. The zero-order valence-electron chi connectivity index (χ0n) is 10.6. The Bertz CT molecular complexity index is 423. The maximum Gasteiger partial charge on any atom is 0.134 e. The van der Waals surface area contributed by atoms with Gasteiger partial charge in [-0.25, -0.2) is 0 Å². The van der Waals surface area contributed by atoms with E-state index in [0.717, 1.165) is 28.4 Å². The first kappa shape index (κ1) is 12.5. The highest BCUT2D eigenvalue weighted by Crippen LogP contribution is 2.36. The molecule has 2 unspecified atom stereocenters. The summed E-state index contributed by atoms with van der Waals surface area (Å²) in [5.74, 6) is 2.20. The molecule has 3 rings (SSSR count). The Morgan fingerprint density at radius 1 is 1.22 bits per heavy atom. The van der Waals surface area contributed by atoms with Crippen LogP contribution in [0.2, 0.25) is 0 Å². The minimum atomic E-state index is 0.410. The van der Waals surface area contributed by atoms with Gasteiger partial charge in [0.05, 0.1) is 4.47 Å². The SMILES string of the molecule is Oc1c(Br)cccc1CN1CC2CCCC(C2)C1. The van der Waals surface area contributed by atoms with Crippen molar-refractivity contribution in [2.24, 2.45) is 11.8 Å². The molecule has 3 heteroatoms. The number of likely N-dealkylation sites (tertiary alicyclic amines) is 1. The highest BCUT2D eigenvalue weighted by Gasteiger charge is 2.30. The Morgan fingerprint density at radius 2 is 1.94 bits per heavy atom. The number of hydrogen-bond acceptors (Lipinski definition) is 2. The zero-order valence-corrected chi connectivity index (χ0v) is 12.2. The van der Waals surface area contributed by atoms with Crippen molar-refractivity contribution in [3.05, 3.63) is 28.2 Å². The highest BCUT2D eigenvalue weighted by atomic mass is 79.9. The minimum Gasteiger partial charge on any atom is -0.506 e. The van der Waals surface area contributed by atoms with Crippen LogP contribution in [0.15, 0.2) is 22.7 Å². The van der Waals surface area contributed by atoms with E-state index in [0.29, 0.717) is 5.75 Å². The van der Waals surface area contributed by atoms with Crippen LogP contribution in [0, 0.1) is 11.8 Å². The summed E-state index contributed by atoms with van der Waals surface area (Å²) in [6.45, 7) is 3.31. The quantitative estimate of drug-likeness (QED) is 0.898. The average Bonchev–Trinajstić information content (AvgIpc) is 2.35. The summed E-state index contributed by atoms with van der Waals surface area (Å²) in [5.41, 5.74) is 1.05. The average molecular weight is 310 g/mol. The van der Waals surface area contributed by atoms with Crippen LogP contribution in [0.1, 0.15) is 31.2 Å². The van der Waals surface area contributed by atoms with Crippen LogP contribution in [-0.4, -0.2) is 23.1 Å². The molecule has 2 atom stereocenters. The third-order valence-corrected chi connectivity index (χ3v) is 5.03. The zero-order chi connectivity index (χ0) is 12.5. The van der Waals surface area contributed by atoms with Gasteiger partial charge in [-0.1, -0.05) is 18.6 Å². The summed E-state index contributed by atoms with van der Waals surface area (Å²) in [4.78, 5) is 2.53. The predicted octanol–water partition coefficient (Wildman–Crippen LogP) is 3.78. The number of benzene rings is 1. The molecule has 1 saturated carbocycles. The lowest BCUT2D eigenvalue weighted by Crippen LogP contribution is -2.42. The predicted molar refractivity (Wildman–Crippen MR) is 76.5 cm³/mol. The van der Waals surface area contributed by atoms with Crippen LogP contribution in [0.4, 0.5) is 0 Å². The fourth-order valence-corrected chi connectivity index (χ4v) is 4.00. The van der Waals surface area contributed by atoms with Crippen molar-refractivity contribution in [1.82, 2.24) is 4.90 Å². The molecule has 1 aliphatic heterocycles. The Morgan fingerprint density at radius 3 is 2.67 bits per heavy atom. The second-order valence-electron chi connectivity index (χ2n) is 5.84. The topological polar surface area (TPSA) is 23.5 Å². The number of para-hydroxylation sites is 1.